The zero-order valence-electron chi connectivity index (χ0n) is 12.5. The molecule has 0 heterocycles. The van der Waals surface area contributed by atoms with Crippen LogP contribution in [0.3, 0.4) is 0 Å². The Morgan fingerprint density at radius 1 is 1.05 bits per heavy atom. The maximum atomic E-state index is 5.23. The highest BCUT2D eigenvalue weighted by Gasteiger charge is 1.97. The van der Waals surface area contributed by atoms with Crippen LogP contribution in [0.1, 0.15) is 36.5 Å². The second-order valence-electron chi connectivity index (χ2n) is 5.28. The van der Waals surface area contributed by atoms with Gasteiger partial charge in [-0.25, -0.2) is 0 Å². The van der Waals surface area contributed by atoms with E-state index in [1.165, 1.54) is 16.7 Å². The summed E-state index contributed by atoms with van der Waals surface area (Å²) < 4.78 is 5.23. The molecule has 0 radical (unpaired) electrons. The highest BCUT2D eigenvalue weighted by atomic mass is 16.5. The fourth-order valence-corrected chi connectivity index (χ4v) is 2.12. The van der Waals surface area contributed by atoms with Gasteiger partial charge in [-0.05, 0) is 41.2 Å². The molecule has 20 heavy (non-hydrogen) atoms. The predicted molar refractivity (Wildman–Crippen MR) is 86.3 cm³/mol. The Labute approximate surface area is 121 Å². The summed E-state index contributed by atoms with van der Waals surface area (Å²) in [5, 5.41) is 0. The first-order chi connectivity index (χ1) is 9.69. The molecule has 2 aromatic carbocycles. The first-order valence-corrected chi connectivity index (χ1v) is 7.08. The van der Waals surface area contributed by atoms with Crippen molar-refractivity contribution in [2.75, 3.05) is 7.11 Å². The van der Waals surface area contributed by atoms with Crippen molar-refractivity contribution < 1.29 is 4.74 Å². The minimum absolute atomic E-state index is 0.588. The maximum absolute atomic E-state index is 5.23. The number of rotatable bonds is 5. The maximum Gasteiger partial charge on any atom is 0.119 e. The fraction of sp³-hybridized carbons (Fsp3) is 0.263. The molecule has 0 unspecified atom stereocenters. The Bertz CT molecular complexity index is 565. The van der Waals surface area contributed by atoms with Crippen molar-refractivity contribution in [2.24, 2.45) is 0 Å². The third-order valence-electron chi connectivity index (χ3n) is 3.40. The van der Waals surface area contributed by atoms with Gasteiger partial charge in [0.05, 0.1) is 7.11 Å². The van der Waals surface area contributed by atoms with Gasteiger partial charge in [0.25, 0.3) is 0 Å². The minimum Gasteiger partial charge on any atom is -0.497 e. The van der Waals surface area contributed by atoms with Gasteiger partial charge >= 0.3 is 0 Å². The summed E-state index contributed by atoms with van der Waals surface area (Å²) in [5.41, 5.74) is 3.90. The molecule has 0 saturated heterocycles. The molecule has 0 aliphatic carbocycles. The smallest absolute Gasteiger partial charge is 0.119 e. The van der Waals surface area contributed by atoms with Crippen molar-refractivity contribution in [3.05, 3.63) is 71.3 Å². The SMILES string of the molecule is COc1cccc(C/C=C/c2ccc(C(C)C)cc2)c1. The molecule has 2 aromatic rings. The zero-order chi connectivity index (χ0) is 14.4. The lowest BCUT2D eigenvalue weighted by molar-refractivity contribution is 0.414. The van der Waals surface area contributed by atoms with Gasteiger partial charge in [-0.15, -0.1) is 0 Å². The van der Waals surface area contributed by atoms with Crippen molar-refractivity contribution in [3.63, 3.8) is 0 Å². The average Bonchev–Trinajstić information content (AvgIpc) is 2.48. The van der Waals surface area contributed by atoms with Crippen LogP contribution in [0.5, 0.6) is 5.75 Å². The molecule has 0 amide bonds. The summed E-state index contributed by atoms with van der Waals surface area (Å²) >= 11 is 0. The molecule has 2 rings (SSSR count). The van der Waals surface area contributed by atoms with Gasteiger partial charge in [0.1, 0.15) is 5.75 Å². The third-order valence-corrected chi connectivity index (χ3v) is 3.40. The van der Waals surface area contributed by atoms with Crippen LogP contribution < -0.4 is 4.74 Å². The number of hydrogen-bond donors (Lipinski definition) is 0. The number of hydrogen-bond acceptors (Lipinski definition) is 1. The Kier molecular flexibility index (Phi) is 5.00. The summed E-state index contributed by atoms with van der Waals surface area (Å²) in [6.07, 6.45) is 5.28. The van der Waals surface area contributed by atoms with Crippen molar-refractivity contribution in [1.82, 2.24) is 0 Å². The Morgan fingerprint density at radius 3 is 2.45 bits per heavy atom. The van der Waals surface area contributed by atoms with Gasteiger partial charge in [-0.3, -0.25) is 0 Å². The van der Waals surface area contributed by atoms with E-state index in [1.807, 2.05) is 12.1 Å². The van der Waals surface area contributed by atoms with E-state index in [0.29, 0.717) is 5.92 Å². The van der Waals surface area contributed by atoms with Crippen LogP contribution in [0.15, 0.2) is 54.6 Å². The van der Waals surface area contributed by atoms with E-state index in [0.717, 1.165) is 12.2 Å². The van der Waals surface area contributed by atoms with E-state index in [2.05, 4.69) is 62.4 Å². The molecule has 104 valence electrons. The topological polar surface area (TPSA) is 9.23 Å². The van der Waals surface area contributed by atoms with Crippen LogP contribution in [0.4, 0.5) is 0 Å². The summed E-state index contributed by atoms with van der Waals surface area (Å²) in [5.74, 6) is 1.50. The summed E-state index contributed by atoms with van der Waals surface area (Å²) in [6, 6.07) is 17.0. The number of methoxy groups -OCH3 is 1. The monoisotopic (exact) mass is 266 g/mol. The summed E-state index contributed by atoms with van der Waals surface area (Å²) in [4.78, 5) is 0. The van der Waals surface area contributed by atoms with Crippen molar-refractivity contribution in [2.45, 2.75) is 26.2 Å². The largest absolute Gasteiger partial charge is 0.497 e. The second-order valence-corrected chi connectivity index (χ2v) is 5.28. The van der Waals surface area contributed by atoms with Crippen molar-refractivity contribution in [1.29, 1.82) is 0 Å². The fourth-order valence-electron chi connectivity index (χ4n) is 2.12. The quantitative estimate of drug-likeness (QED) is 0.733. The molecule has 0 N–H and O–H groups in total. The molecular weight excluding hydrogens is 244 g/mol. The molecule has 0 saturated carbocycles. The molecule has 1 nitrogen and oxygen atoms in total. The average molecular weight is 266 g/mol. The first kappa shape index (κ1) is 14.4. The van der Waals surface area contributed by atoms with Crippen LogP contribution in [0.25, 0.3) is 6.08 Å². The molecule has 0 aliphatic rings. The number of ether oxygens (including phenoxy) is 1. The molecule has 0 fully saturated rings. The van der Waals surface area contributed by atoms with Gasteiger partial charge < -0.3 is 4.74 Å². The van der Waals surface area contributed by atoms with Crippen LogP contribution in [-0.2, 0) is 6.42 Å². The van der Waals surface area contributed by atoms with Gasteiger partial charge in [0.15, 0.2) is 0 Å². The Hall–Kier alpha value is -2.02. The van der Waals surface area contributed by atoms with E-state index in [4.69, 9.17) is 4.74 Å². The number of benzene rings is 2. The molecule has 0 spiro atoms. The molecular formula is C19H22O. The lowest BCUT2D eigenvalue weighted by atomic mass is 10.0. The molecule has 0 aromatic heterocycles. The van der Waals surface area contributed by atoms with Crippen molar-refractivity contribution >= 4 is 6.08 Å². The van der Waals surface area contributed by atoms with Gasteiger partial charge in [0, 0.05) is 0 Å². The predicted octanol–water partition coefficient (Wildman–Crippen LogP) is 5.07. The van der Waals surface area contributed by atoms with E-state index in [1.54, 1.807) is 7.11 Å². The Balaban J connectivity index is 1.98. The molecule has 0 atom stereocenters. The van der Waals surface area contributed by atoms with E-state index in [9.17, 15) is 0 Å². The lowest BCUT2D eigenvalue weighted by Crippen LogP contribution is -1.87. The molecule has 0 aliphatic heterocycles. The highest BCUT2D eigenvalue weighted by molar-refractivity contribution is 5.50. The second kappa shape index (κ2) is 6.95. The number of allylic oxidation sites excluding steroid dienone is 1. The normalized spacial score (nSPS) is 11.2. The first-order valence-electron chi connectivity index (χ1n) is 7.08. The zero-order valence-corrected chi connectivity index (χ0v) is 12.5. The van der Waals surface area contributed by atoms with Crippen LogP contribution in [0.2, 0.25) is 0 Å². The summed E-state index contributed by atoms with van der Waals surface area (Å²) in [6.45, 7) is 4.43. The van der Waals surface area contributed by atoms with Crippen LogP contribution in [0, 0.1) is 0 Å². The van der Waals surface area contributed by atoms with E-state index >= 15 is 0 Å². The van der Waals surface area contributed by atoms with Crippen LogP contribution in [-0.4, -0.2) is 7.11 Å². The van der Waals surface area contributed by atoms with Gasteiger partial charge in [0.2, 0.25) is 0 Å². The van der Waals surface area contributed by atoms with Crippen molar-refractivity contribution in [3.8, 4) is 5.75 Å². The van der Waals surface area contributed by atoms with Gasteiger partial charge in [-0.1, -0.05) is 62.4 Å². The van der Waals surface area contributed by atoms with Crippen LogP contribution >= 0.6 is 0 Å². The van der Waals surface area contributed by atoms with Gasteiger partial charge in [-0.2, -0.15) is 0 Å². The standard InChI is InChI=1S/C19H22O/c1-15(2)18-12-10-16(11-13-18)6-4-7-17-8-5-9-19(14-17)20-3/h4-6,8-15H,7H2,1-3H3/b6-4+. The minimum atomic E-state index is 0.588. The Morgan fingerprint density at radius 2 is 1.80 bits per heavy atom. The van der Waals surface area contributed by atoms with E-state index in [-0.39, 0.29) is 0 Å². The van der Waals surface area contributed by atoms with E-state index < -0.39 is 0 Å². The highest BCUT2D eigenvalue weighted by Crippen LogP contribution is 2.16. The lowest BCUT2D eigenvalue weighted by Gasteiger charge is -2.04. The molecule has 0 bridgehead atoms. The third kappa shape index (κ3) is 3.99. The molecule has 1 heteroatoms. The summed E-state index contributed by atoms with van der Waals surface area (Å²) in [7, 11) is 1.70.